The van der Waals surface area contributed by atoms with Crippen LogP contribution in [0.4, 0.5) is 28.0 Å². The minimum absolute atomic E-state index is 0.0733. The number of hydrogen-bond donors (Lipinski definition) is 1. The molecule has 0 saturated heterocycles. The molecule has 0 radical (unpaired) electrons. The van der Waals surface area contributed by atoms with Gasteiger partial charge in [0.25, 0.3) is 5.91 Å². The molecule has 0 bridgehead atoms. The topological polar surface area (TPSA) is 115 Å². The van der Waals surface area contributed by atoms with Crippen LogP contribution in [0.15, 0.2) is 48.7 Å². The van der Waals surface area contributed by atoms with E-state index in [1.165, 1.54) is 19.3 Å². The van der Waals surface area contributed by atoms with Crippen LogP contribution in [0, 0.1) is 5.82 Å². The van der Waals surface area contributed by atoms with E-state index in [0.29, 0.717) is 10.7 Å². The van der Waals surface area contributed by atoms with Crippen LogP contribution in [0.1, 0.15) is 47.1 Å². The minimum atomic E-state index is -4.96. The molecule has 0 unspecified atom stereocenters. The number of pyridine rings is 1. The second-order valence-electron chi connectivity index (χ2n) is 9.83. The fourth-order valence-corrected chi connectivity index (χ4v) is 4.12. The van der Waals surface area contributed by atoms with Crippen LogP contribution in [-0.2, 0) is 10.9 Å². The van der Waals surface area contributed by atoms with Crippen molar-refractivity contribution >= 4 is 46.3 Å². The van der Waals surface area contributed by atoms with E-state index >= 15 is 4.39 Å². The summed E-state index contributed by atoms with van der Waals surface area (Å²) in [5.74, 6) is -3.73. The summed E-state index contributed by atoms with van der Waals surface area (Å²) in [5, 5.41) is 12.8. The average Bonchev–Trinajstić information content (AvgIpc) is 3.24. The van der Waals surface area contributed by atoms with E-state index in [0.717, 1.165) is 35.2 Å². The molecular weight excluding hydrogens is 572 g/mol. The lowest BCUT2D eigenvalue weighted by Crippen LogP contribution is -2.34. The maximum absolute atomic E-state index is 15.0. The molecule has 0 aliphatic rings. The van der Waals surface area contributed by atoms with Gasteiger partial charge in [0.2, 0.25) is 0 Å². The normalized spacial score (nSPS) is 11.9. The smallest absolute Gasteiger partial charge is 0.417 e. The van der Waals surface area contributed by atoms with Crippen molar-refractivity contribution in [1.82, 2.24) is 14.8 Å². The first kappa shape index (κ1) is 29.5. The van der Waals surface area contributed by atoms with Gasteiger partial charge < -0.3 is 9.84 Å². The number of nitrogens with zero attached hydrogens (tertiary/aromatic N) is 4. The third-order valence-corrected chi connectivity index (χ3v) is 6.07. The van der Waals surface area contributed by atoms with Crippen molar-refractivity contribution in [2.75, 3.05) is 11.9 Å². The van der Waals surface area contributed by atoms with E-state index in [4.69, 9.17) is 16.3 Å². The first-order valence-corrected chi connectivity index (χ1v) is 12.2. The number of ether oxygens (including phenoxy) is 1. The Hall–Kier alpha value is -4.52. The molecule has 0 fully saturated rings. The van der Waals surface area contributed by atoms with Crippen molar-refractivity contribution in [3.05, 3.63) is 76.2 Å². The number of benzene rings is 2. The van der Waals surface area contributed by atoms with E-state index in [-0.39, 0.29) is 33.5 Å². The monoisotopic (exact) mass is 592 g/mol. The van der Waals surface area contributed by atoms with Gasteiger partial charge in [0.05, 0.1) is 39.1 Å². The lowest BCUT2D eigenvalue weighted by atomic mass is 10.1. The Morgan fingerprint density at radius 1 is 1.07 bits per heavy atom. The lowest BCUT2D eigenvalue weighted by molar-refractivity contribution is -0.137. The SMILES string of the molecule is CN(C(=O)OC(C)(C)C)c1cnc2c(-c3ccc(C(=O)O)cc3F)nn(C(=O)c3c(Cl)cccc3C(F)(F)F)c2c1. The maximum atomic E-state index is 15.0. The Morgan fingerprint density at radius 3 is 2.34 bits per heavy atom. The number of halogens is 5. The molecule has 0 saturated carbocycles. The number of carboxylic acid groups (broad SMARTS) is 1. The third-order valence-electron chi connectivity index (χ3n) is 5.76. The van der Waals surface area contributed by atoms with Gasteiger partial charge >= 0.3 is 18.2 Å². The number of carbonyl (C=O) groups is 3. The summed E-state index contributed by atoms with van der Waals surface area (Å²) in [4.78, 5) is 42.8. The highest BCUT2D eigenvalue weighted by atomic mass is 35.5. The maximum Gasteiger partial charge on any atom is 0.417 e. The Labute approximate surface area is 234 Å². The zero-order valence-electron chi connectivity index (χ0n) is 21.9. The number of rotatable bonds is 4. The van der Waals surface area contributed by atoms with Crippen molar-refractivity contribution < 1.29 is 41.8 Å². The standard InChI is InChI=1S/C27H21ClF4N4O5/c1-26(2,3)41-25(40)35(4)14-11-19-22(33-12-14)21(15-9-8-13(24(38)39)10-18(15)29)34-36(19)23(37)20-16(27(30,31)32)6-5-7-17(20)28/h5-12H,1-4H3,(H,38,39). The van der Waals surface area contributed by atoms with E-state index in [2.05, 4.69) is 10.1 Å². The van der Waals surface area contributed by atoms with Crippen LogP contribution < -0.4 is 4.90 Å². The number of fused-ring (bicyclic) bond motifs is 1. The van der Waals surface area contributed by atoms with Crippen LogP contribution in [0.25, 0.3) is 22.3 Å². The van der Waals surface area contributed by atoms with Crippen LogP contribution in [0.5, 0.6) is 0 Å². The lowest BCUT2D eigenvalue weighted by Gasteiger charge is -2.24. The number of carbonyl (C=O) groups excluding carboxylic acids is 2. The van der Waals surface area contributed by atoms with Gasteiger partial charge in [-0.15, -0.1) is 0 Å². The molecule has 0 aliphatic carbocycles. The van der Waals surface area contributed by atoms with E-state index < -0.39 is 51.7 Å². The summed E-state index contributed by atoms with van der Waals surface area (Å²) in [5.41, 5.74) is -4.24. The predicted molar refractivity (Wildman–Crippen MR) is 141 cm³/mol. The molecule has 2 aromatic carbocycles. The molecule has 2 aromatic heterocycles. The quantitative estimate of drug-likeness (QED) is 0.263. The van der Waals surface area contributed by atoms with Crippen LogP contribution in [0.3, 0.4) is 0 Å². The minimum Gasteiger partial charge on any atom is -0.478 e. The molecule has 1 amide bonds. The number of alkyl halides is 3. The van der Waals surface area contributed by atoms with Crippen molar-refractivity contribution in [3.63, 3.8) is 0 Å². The van der Waals surface area contributed by atoms with Crippen LogP contribution in [-0.4, -0.2) is 50.5 Å². The molecule has 4 rings (SSSR count). The van der Waals surface area contributed by atoms with E-state index in [1.807, 2.05) is 0 Å². The molecule has 0 spiro atoms. The van der Waals surface area contributed by atoms with E-state index in [9.17, 15) is 32.7 Å². The van der Waals surface area contributed by atoms with Crippen molar-refractivity contribution in [2.24, 2.45) is 0 Å². The summed E-state index contributed by atoms with van der Waals surface area (Å²) >= 11 is 6.05. The molecule has 9 nitrogen and oxygen atoms in total. The second kappa shape index (κ2) is 10.5. The van der Waals surface area contributed by atoms with Gasteiger partial charge in [-0.2, -0.15) is 23.0 Å². The number of carboxylic acids is 1. The zero-order chi connectivity index (χ0) is 30.4. The molecule has 0 atom stereocenters. The number of amides is 1. The van der Waals surface area contributed by atoms with Gasteiger partial charge in [0.15, 0.2) is 0 Å². The Balaban J connectivity index is 1.97. The van der Waals surface area contributed by atoms with Crippen LogP contribution >= 0.6 is 11.6 Å². The zero-order valence-corrected chi connectivity index (χ0v) is 22.6. The van der Waals surface area contributed by atoms with Crippen LogP contribution in [0.2, 0.25) is 5.02 Å². The van der Waals surface area contributed by atoms with Gasteiger partial charge in [0, 0.05) is 12.6 Å². The van der Waals surface area contributed by atoms with E-state index in [1.54, 1.807) is 20.8 Å². The Bertz CT molecular complexity index is 1710. The molecule has 41 heavy (non-hydrogen) atoms. The molecule has 214 valence electrons. The first-order valence-electron chi connectivity index (χ1n) is 11.8. The highest BCUT2D eigenvalue weighted by molar-refractivity contribution is 6.34. The number of aromatic nitrogens is 3. The largest absolute Gasteiger partial charge is 0.478 e. The van der Waals surface area contributed by atoms with Crippen molar-refractivity contribution in [3.8, 4) is 11.3 Å². The molecule has 4 aromatic rings. The third kappa shape index (κ3) is 5.85. The van der Waals surface area contributed by atoms with Gasteiger partial charge in [-0.1, -0.05) is 17.7 Å². The van der Waals surface area contributed by atoms with Gasteiger partial charge in [-0.05, 0) is 57.2 Å². The molecule has 0 aliphatic heterocycles. The first-order chi connectivity index (χ1) is 19.0. The number of hydrogen-bond acceptors (Lipinski definition) is 6. The van der Waals surface area contributed by atoms with Crippen molar-refractivity contribution in [1.29, 1.82) is 0 Å². The fourth-order valence-electron chi connectivity index (χ4n) is 3.87. The number of aromatic carboxylic acids is 1. The molecule has 1 N–H and O–H groups in total. The predicted octanol–water partition coefficient (Wildman–Crippen LogP) is 6.67. The van der Waals surface area contributed by atoms with Gasteiger partial charge in [0.1, 0.15) is 22.6 Å². The van der Waals surface area contributed by atoms with Crippen molar-refractivity contribution in [2.45, 2.75) is 32.5 Å². The second-order valence-corrected chi connectivity index (χ2v) is 10.2. The Kier molecular flexibility index (Phi) is 7.52. The average molecular weight is 593 g/mol. The fraction of sp³-hybridized carbons (Fsp3) is 0.222. The molecule has 14 heteroatoms. The summed E-state index contributed by atoms with van der Waals surface area (Å²) in [6, 6.07) is 6.96. The summed E-state index contributed by atoms with van der Waals surface area (Å²) in [6.07, 6.45) is -4.55. The summed E-state index contributed by atoms with van der Waals surface area (Å²) < 4.78 is 62.4. The summed E-state index contributed by atoms with van der Waals surface area (Å²) in [7, 11) is 1.35. The molecule has 2 heterocycles. The highest BCUT2D eigenvalue weighted by Crippen LogP contribution is 2.37. The highest BCUT2D eigenvalue weighted by Gasteiger charge is 2.37. The molecular formula is C27H21ClF4N4O5. The van der Waals surface area contributed by atoms with Gasteiger partial charge in [-0.25, -0.2) is 14.0 Å². The summed E-state index contributed by atoms with van der Waals surface area (Å²) in [6.45, 7) is 4.94. The van der Waals surface area contributed by atoms with Gasteiger partial charge in [-0.3, -0.25) is 14.7 Å². The number of anilines is 1. The Morgan fingerprint density at radius 2 is 1.76 bits per heavy atom.